The molecule has 0 fully saturated rings. The molecule has 3 rings (SSSR count). The summed E-state index contributed by atoms with van der Waals surface area (Å²) in [6.07, 6.45) is 11.1. The predicted octanol–water partition coefficient (Wildman–Crippen LogP) is 5.52. The fraction of sp³-hybridized carbons (Fsp3) is 0.364. The van der Waals surface area contributed by atoms with Crippen molar-refractivity contribution in [2.45, 2.75) is 38.6 Å². The molecule has 0 bridgehead atoms. The Morgan fingerprint density at radius 2 is 1.71 bits per heavy atom. The summed E-state index contributed by atoms with van der Waals surface area (Å²) in [5.74, 6) is 0. The molecule has 2 heteroatoms. The highest BCUT2D eigenvalue weighted by atomic mass is 35.5. The average molecular weight is 342 g/mol. The lowest BCUT2D eigenvalue weighted by molar-refractivity contribution is 0.362. The Bertz CT molecular complexity index is 648. The van der Waals surface area contributed by atoms with E-state index in [1.807, 2.05) is 0 Å². The molecule has 0 heterocycles. The third-order valence-electron chi connectivity index (χ3n) is 4.71. The number of benzene rings is 2. The first-order chi connectivity index (χ1) is 11.3. The van der Waals surface area contributed by atoms with Crippen LogP contribution in [0.4, 0.5) is 0 Å². The van der Waals surface area contributed by atoms with Gasteiger partial charge in [0.1, 0.15) is 0 Å². The summed E-state index contributed by atoms with van der Waals surface area (Å²) < 4.78 is 0. The van der Waals surface area contributed by atoms with Crippen LogP contribution in [0.15, 0.2) is 54.6 Å². The number of hydrogen-bond donors (Lipinski definition) is 0. The molecule has 0 saturated carbocycles. The van der Waals surface area contributed by atoms with E-state index < -0.39 is 0 Å². The van der Waals surface area contributed by atoms with Crippen molar-refractivity contribution in [2.24, 2.45) is 0 Å². The molecule has 2 aromatic carbocycles. The number of aryl methyl sites for hydroxylation is 1. The van der Waals surface area contributed by atoms with Gasteiger partial charge in [0.15, 0.2) is 0 Å². The van der Waals surface area contributed by atoms with Gasteiger partial charge in [-0.25, -0.2) is 0 Å². The molecule has 0 N–H and O–H groups in total. The van der Waals surface area contributed by atoms with E-state index in [4.69, 9.17) is 0 Å². The first kappa shape index (κ1) is 18.8. The largest absolute Gasteiger partial charge is 0.298 e. The summed E-state index contributed by atoms with van der Waals surface area (Å²) in [5.41, 5.74) is 6.02. The molecule has 0 aliphatic heterocycles. The Morgan fingerprint density at radius 1 is 0.917 bits per heavy atom. The molecule has 1 aliphatic rings. The van der Waals surface area contributed by atoms with Crippen LogP contribution < -0.4 is 0 Å². The lowest BCUT2D eigenvalue weighted by Crippen LogP contribution is -2.19. The van der Waals surface area contributed by atoms with Crippen LogP contribution in [-0.2, 0) is 19.4 Å². The Hall–Kier alpha value is -1.57. The number of hydrogen-bond acceptors (Lipinski definition) is 1. The molecule has 0 atom stereocenters. The Balaban J connectivity index is 0.00000208. The molecule has 0 amide bonds. The van der Waals surface area contributed by atoms with Crippen LogP contribution in [0.1, 0.15) is 41.5 Å². The number of halogens is 1. The minimum atomic E-state index is 0. The maximum absolute atomic E-state index is 2.40. The fourth-order valence-corrected chi connectivity index (χ4v) is 3.47. The molecule has 1 nitrogen and oxygen atoms in total. The van der Waals surface area contributed by atoms with E-state index in [1.54, 1.807) is 11.1 Å². The van der Waals surface area contributed by atoms with Crippen LogP contribution in [0.25, 0.3) is 6.08 Å². The Morgan fingerprint density at radius 3 is 2.54 bits per heavy atom. The van der Waals surface area contributed by atoms with Gasteiger partial charge in [-0.3, -0.25) is 4.90 Å². The van der Waals surface area contributed by atoms with E-state index in [9.17, 15) is 0 Å². The highest BCUT2D eigenvalue weighted by Crippen LogP contribution is 2.24. The van der Waals surface area contributed by atoms with Crippen molar-refractivity contribution >= 4 is 18.5 Å². The summed E-state index contributed by atoms with van der Waals surface area (Å²) in [7, 11) is 2.21. The molecule has 128 valence electrons. The van der Waals surface area contributed by atoms with E-state index in [0.717, 1.165) is 13.1 Å². The van der Waals surface area contributed by atoms with Gasteiger partial charge in [0.05, 0.1) is 0 Å². The predicted molar refractivity (Wildman–Crippen MR) is 107 cm³/mol. The van der Waals surface area contributed by atoms with Crippen LogP contribution in [-0.4, -0.2) is 18.5 Å². The minimum Gasteiger partial charge on any atom is -0.298 e. The second kappa shape index (κ2) is 9.66. The topological polar surface area (TPSA) is 3.24 Å². The van der Waals surface area contributed by atoms with Crippen LogP contribution in [0, 0.1) is 0 Å². The van der Waals surface area contributed by atoms with E-state index >= 15 is 0 Å². The van der Waals surface area contributed by atoms with Gasteiger partial charge in [0, 0.05) is 13.1 Å². The second-order valence-corrected chi connectivity index (χ2v) is 6.63. The number of nitrogens with zero attached hydrogens (tertiary/aromatic N) is 1. The van der Waals surface area contributed by atoms with Crippen molar-refractivity contribution in [2.75, 3.05) is 13.6 Å². The number of rotatable bonds is 5. The molecule has 0 saturated heterocycles. The van der Waals surface area contributed by atoms with Gasteiger partial charge in [-0.05, 0) is 55.0 Å². The van der Waals surface area contributed by atoms with Gasteiger partial charge in [-0.1, -0.05) is 67.1 Å². The van der Waals surface area contributed by atoms with Gasteiger partial charge >= 0.3 is 0 Å². The maximum Gasteiger partial charge on any atom is 0.0236 e. The average Bonchev–Trinajstić information content (AvgIpc) is 2.82. The summed E-state index contributed by atoms with van der Waals surface area (Å²) >= 11 is 0. The second-order valence-electron chi connectivity index (χ2n) is 6.63. The monoisotopic (exact) mass is 341 g/mol. The zero-order chi connectivity index (χ0) is 15.9. The highest BCUT2D eigenvalue weighted by Gasteiger charge is 2.12. The van der Waals surface area contributed by atoms with Gasteiger partial charge in [0.2, 0.25) is 0 Å². The first-order valence-corrected chi connectivity index (χ1v) is 8.83. The van der Waals surface area contributed by atoms with E-state index in [-0.39, 0.29) is 12.4 Å². The SMILES string of the molecule is CN(C/C=C/c1ccccc1)Cc1cccc2c1CCCCC2.Cl. The smallest absolute Gasteiger partial charge is 0.0236 e. The third-order valence-corrected chi connectivity index (χ3v) is 4.71. The molecule has 0 unspecified atom stereocenters. The molecular weight excluding hydrogens is 314 g/mol. The summed E-state index contributed by atoms with van der Waals surface area (Å²) in [4.78, 5) is 2.40. The third kappa shape index (κ3) is 5.22. The van der Waals surface area contributed by atoms with Gasteiger partial charge in [-0.2, -0.15) is 0 Å². The Kier molecular flexibility index (Phi) is 7.55. The van der Waals surface area contributed by atoms with Crippen LogP contribution >= 0.6 is 12.4 Å². The lowest BCUT2D eigenvalue weighted by atomic mass is 9.97. The minimum absolute atomic E-state index is 0. The van der Waals surface area contributed by atoms with E-state index in [1.165, 1.54) is 43.2 Å². The van der Waals surface area contributed by atoms with Gasteiger partial charge < -0.3 is 0 Å². The summed E-state index contributed by atoms with van der Waals surface area (Å²) in [6, 6.07) is 17.4. The number of likely N-dealkylation sites (N-methyl/N-ethyl adjacent to an activating group) is 1. The number of fused-ring (bicyclic) bond motifs is 1. The van der Waals surface area contributed by atoms with Crippen LogP contribution in [0.3, 0.4) is 0 Å². The molecule has 1 aliphatic carbocycles. The van der Waals surface area contributed by atoms with Crippen LogP contribution in [0.2, 0.25) is 0 Å². The fourth-order valence-electron chi connectivity index (χ4n) is 3.47. The van der Waals surface area contributed by atoms with Gasteiger partial charge in [0.25, 0.3) is 0 Å². The zero-order valence-electron chi connectivity index (χ0n) is 14.6. The quantitative estimate of drug-likeness (QED) is 0.647. The Labute approximate surface area is 152 Å². The van der Waals surface area contributed by atoms with Crippen molar-refractivity contribution < 1.29 is 0 Å². The molecule has 0 aromatic heterocycles. The van der Waals surface area contributed by atoms with Gasteiger partial charge in [-0.15, -0.1) is 12.4 Å². The summed E-state index contributed by atoms with van der Waals surface area (Å²) in [5, 5.41) is 0. The van der Waals surface area contributed by atoms with E-state index in [0.29, 0.717) is 0 Å². The van der Waals surface area contributed by atoms with Crippen molar-refractivity contribution in [3.63, 3.8) is 0 Å². The maximum atomic E-state index is 2.40. The molecule has 24 heavy (non-hydrogen) atoms. The van der Waals surface area contributed by atoms with Crippen LogP contribution in [0.5, 0.6) is 0 Å². The van der Waals surface area contributed by atoms with Crippen molar-refractivity contribution in [3.8, 4) is 0 Å². The normalized spacial score (nSPS) is 14.2. The molecule has 2 aromatic rings. The van der Waals surface area contributed by atoms with Crippen molar-refractivity contribution in [3.05, 3.63) is 76.9 Å². The molecular formula is C22H28ClN. The molecule has 0 spiro atoms. The van der Waals surface area contributed by atoms with Crippen molar-refractivity contribution in [1.29, 1.82) is 0 Å². The first-order valence-electron chi connectivity index (χ1n) is 8.83. The standard InChI is InChI=1S/C22H27N.ClH/c1-23(17-9-12-19-10-4-2-5-11-19)18-21-15-8-14-20-13-6-3-7-16-22(20)21;/h2,4-5,8-12,14-15H,3,6-7,13,16-18H2,1H3;1H/b12-9+;. The zero-order valence-corrected chi connectivity index (χ0v) is 15.4. The van der Waals surface area contributed by atoms with E-state index in [2.05, 4.69) is 72.6 Å². The summed E-state index contributed by atoms with van der Waals surface area (Å²) in [6.45, 7) is 2.03. The molecule has 0 radical (unpaired) electrons. The van der Waals surface area contributed by atoms with Crippen molar-refractivity contribution in [1.82, 2.24) is 4.90 Å². The lowest BCUT2D eigenvalue weighted by Gasteiger charge is -2.19. The highest BCUT2D eigenvalue weighted by molar-refractivity contribution is 5.85.